The monoisotopic (exact) mass is 254 g/mol. The number of nitrogens with zero attached hydrogens (tertiary/aromatic N) is 3. The van der Waals surface area contributed by atoms with Crippen LogP contribution in [0, 0.1) is 17.2 Å². The summed E-state index contributed by atoms with van der Waals surface area (Å²) in [4.78, 5) is 4.71. The van der Waals surface area contributed by atoms with E-state index in [1.54, 1.807) is 0 Å². The van der Waals surface area contributed by atoms with E-state index in [1.807, 2.05) is 18.2 Å². The lowest BCUT2D eigenvalue weighted by Gasteiger charge is -2.22. The highest BCUT2D eigenvalue weighted by atomic mass is 15.1. The third kappa shape index (κ3) is 2.34. The van der Waals surface area contributed by atoms with Crippen molar-refractivity contribution in [3.8, 4) is 6.07 Å². The Hall–Kier alpha value is -1.86. The number of aromatic nitrogens is 2. The maximum Gasteiger partial charge on any atom is 0.109 e. The van der Waals surface area contributed by atoms with Crippen molar-refractivity contribution in [1.29, 1.82) is 5.26 Å². The van der Waals surface area contributed by atoms with Gasteiger partial charge in [0.2, 0.25) is 0 Å². The summed E-state index contributed by atoms with van der Waals surface area (Å²) in [5.74, 6) is 1.86. The molecule has 1 aromatic carbocycles. The molecule has 4 nitrogen and oxygen atoms in total. The van der Waals surface area contributed by atoms with E-state index in [-0.39, 0.29) is 0 Å². The summed E-state index contributed by atoms with van der Waals surface area (Å²) in [6.45, 7) is 2.24. The second kappa shape index (κ2) is 5.02. The molecule has 1 aliphatic rings. The molecule has 1 aromatic heterocycles. The summed E-state index contributed by atoms with van der Waals surface area (Å²) in [5, 5.41) is 12.3. The number of piperidine rings is 1. The highest BCUT2D eigenvalue weighted by molar-refractivity contribution is 5.77. The van der Waals surface area contributed by atoms with Crippen molar-refractivity contribution in [2.75, 3.05) is 13.1 Å². The minimum atomic E-state index is 0.680. The molecular weight excluding hydrogens is 236 g/mol. The molecular formula is C15H18N4. The highest BCUT2D eigenvalue weighted by Crippen LogP contribution is 2.21. The van der Waals surface area contributed by atoms with E-state index in [4.69, 9.17) is 10.2 Å². The van der Waals surface area contributed by atoms with Gasteiger partial charge >= 0.3 is 0 Å². The maximum atomic E-state index is 8.94. The second-order valence-corrected chi connectivity index (χ2v) is 5.30. The van der Waals surface area contributed by atoms with Gasteiger partial charge in [0, 0.05) is 13.5 Å². The van der Waals surface area contributed by atoms with Gasteiger partial charge in [-0.3, -0.25) is 0 Å². The second-order valence-electron chi connectivity index (χ2n) is 5.30. The molecule has 0 aliphatic carbocycles. The smallest absolute Gasteiger partial charge is 0.109 e. The standard InChI is InChI=1S/C15H18N4/c1-19-14-3-2-12(10-16)8-13(14)18-15(19)9-11-4-6-17-7-5-11/h2-3,8,11,17H,4-7,9H2,1H3. The molecule has 19 heavy (non-hydrogen) atoms. The molecule has 2 heterocycles. The Balaban J connectivity index is 1.91. The van der Waals surface area contributed by atoms with Crippen LogP contribution in [0.3, 0.4) is 0 Å². The van der Waals surface area contributed by atoms with Crippen molar-refractivity contribution < 1.29 is 0 Å². The zero-order chi connectivity index (χ0) is 13.2. The van der Waals surface area contributed by atoms with E-state index in [0.29, 0.717) is 5.56 Å². The third-order valence-corrected chi connectivity index (χ3v) is 4.03. The first-order valence-electron chi connectivity index (χ1n) is 6.84. The SMILES string of the molecule is Cn1c(CC2CCNCC2)nc2cc(C#N)ccc21. The summed E-state index contributed by atoms with van der Waals surface area (Å²) in [5.41, 5.74) is 2.73. The molecule has 0 radical (unpaired) electrons. The number of fused-ring (bicyclic) bond motifs is 1. The zero-order valence-corrected chi connectivity index (χ0v) is 11.2. The summed E-state index contributed by atoms with van der Waals surface area (Å²) >= 11 is 0. The summed E-state index contributed by atoms with van der Waals surface area (Å²) < 4.78 is 2.17. The van der Waals surface area contributed by atoms with Crippen LogP contribution in [0.4, 0.5) is 0 Å². The number of nitriles is 1. The first kappa shape index (κ1) is 12.2. The van der Waals surface area contributed by atoms with Gasteiger partial charge in [0.15, 0.2) is 0 Å². The van der Waals surface area contributed by atoms with Crippen molar-refractivity contribution >= 4 is 11.0 Å². The zero-order valence-electron chi connectivity index (χ0n) is 11.2. The van der Waals surface area contributed by atoms with Gasteiger partial charge in [-0.1, -0.05) is 0 Å². The fraction of sp³-hybridized carbons (Fsp3) is 0.467. The molecule has 0 saturated carbocycles. The maximum absolute atomic E-state index is 8.94. The Bertz CT molecular complexity index is 629. The number of hydrogen-bond donors (Lipinski definition) is 1. The summed E-state index contributed by atoms with van der Waals surface area (Å²) in [6.07, 6.45) is 3.49. The van der Waals surface area contributed by atoms with Crippen LogP contribution in [0.5, 0.6) is 0 Å². The van der Waals surface area contributed by atoms with Crippen LogP contribution in [0.1, 0.15) is 24.2 Å². The van der Waals surface area contributed by atoms with E-state index in [0.717, 1.165) is 42.3 Å². The first-order chi connectivity index (χ1) is 9.28. The van der Waals surface area contributed by atoms with Crippen LogP contribution in [-0.4, -0.2) is 22.6 Å². The van der Waals surface area contributed by atoms with Crippen molar-refractivity contribution in [3.63, 3.8) is 0 Å². The molecule has 0 unspecified atom stereocenters. The number of hydrogen-bond acceptors (Lipinski definition) is 3. The molecule has 1 N–H and O–H groups in total. The van der Waals surface area contributed by atoms with Crippen LogP contribution >= 0.6 is 0 Å². The number of imidazole rings is 1. The molecule has 0 bridgehead atoms. The lowest BCUT2D eigenvalue weighted by atomic mass is 9.94. The molecule has 0 spiro atoms. The Morgan fingerprint density at radius 3 is 2.95 bits per heavy atom. The minimum absolute atomic E-state index is 0.680. The third-order valence-electron chi connectivity index (χ3n) is 4.03. The lowest BCUT2D eigenvalue weighted by molar-refractivity contribution is 0.365. The predicted molar refractivity (Wildman–Crippen MR) is 74.7 cm³/mol. The van der Waals surface area contributed by atoms with Crippen LogP contribution in [-0.2, 0) is 13.5 Å². The lowest BCUT2D eigenvalue weighted by Crippen LogP contribution is -2.29. The highest BCUT2D eigenvalue weighted by Gasteiger charge is 2.17. The molecule has 0 amide bonds. The Morgan fingerprint density at radius 1 is 1.42 bits per heavy atom. The average molecular weight is 254 g/mol. The molecule has 1 fully saturated rings. The molecule has 2 aromatic rings. The van der Waals surface area contributed by atoms with Gasteiger partial charge in [-0.25, -0.2) is 4.98 Å². The van der Waals surface area contributed by atoms with Crippen molar-refractivity contribution in [3.05, 3.63) is 29.6 Å². The van der Waals surface area contributed by atoms with E-state index in [1.165, 1.54) is 12.8 Å². The predicted octanol–water partition coefficient (Wildman–Crippen LogP) is 1.99. The average Bonchev–Trinajstić information content (AvgIpc) is 2.76. The Kier molecular flexibility index (Phi) is 3.22. The summed E-state index contributed by atoms with van der Waals surface area (Å²) in [7, 11) is 2.07. The molecule has 98 valence electrons. The number of nitrogens with one attached hydrogen (secondary N) is 1. The van der Waals surface area contributed by atoms with Crippen molar-refractivity contribution in [1.82, 2.24) is 14.9 Å². The van der Waals surface area contributed by atoms with Crippen LogP contribution < -0.4 is 5.32 Å². The van der Waals surface area contributed by atoms with E-state index >= 15 is 0 Å². The quantitative estimate of drug-likeness (QED) is 0.891. The summed E-state index contributed by atoms with van der Waals surface area (Å²) in [6, 6.07) is 7.90. The van der Waals surface area contributed by atoms with E-state index < -0.39 is 0 Å². The van der Waals surface area contributed by atoms with Crippen LogP contribution in [0.15, 0.2) is 18.2 Å². The number of benzene rings is 1. The largest absolute Gasteiger partial charge is 0.331 e. The minimum Gasteiger partial charge on any atom is -0.331 e. The topological polar surface area (TPSA) is 53.6 Å². The molecule has 4 heteroatoms. The van der Waals surface area contributed by atoms with E-state index in [9.17, 15) is 0 Å². The van der Waals surface area contributed by atoms with Gasteiger partial charge in [-0.2, -0.15) is 5.26 Å². The Labute approximate surface area is 113 Å². The van der Waals surface area contributed by atoms with Gasteiger partial charge < -0.3 is 9.88 Å². The number of rotatable bonds is 2. The molecule has 1 saturated heterocycles. The van der Waals surface area contributed by atoms with Crippen LogP contribution in [0.25, 0.3) is 11.0 Å². The van der Waals surface area contributed by atoms with Crippen LogP contribution in [0.2, 0.25) is 0 Å². The van der Waals surface area contributed by atoms with Gasteiger partial charge in [-0.05, 0) is 50.0 Å². The fourth-order valence-corrected chi connectivity index (χ4v) is 2.85. The molecule has 1 aliphatic heterocycles. The Morgan fingerprint density at radius 2 is 2.21 bits per heavy atom. The molecule has 3 rings (SSSR count). The van der Waals surface area contributed by atoms with E-state index in [2.05, 4.69) is 23.0 Å². The van der Waals surface area contributed by atoms with Gasteiger partial charge in [-0.15, -0.1) is 0 Å². The molecule has 0 atom stereocenters. The van der Waals surface area contributed by atoms with Gasteiger partial charge in [0.25, 0.3) is 0 Å². The number of aryl methyl sites for hydroxylation is 1. The fourth-order valence-electron chi connectivity index (χ4n) is 2.85. The van der Waals surface area contributed by atoms with Gasteiger partial charge in [0.1, 0.15) is 5.82 Å². The van der Waals surface area contributed by atoms with Crippen molar-refractivity contribution in [2.24, 2.45) is 13.0 Å². The first-order valence-corrected chi connectivity index (χ1v) is 6.84. The van der Waals surface area contributed by atoms with Crippen molar-refractivity contribution in [2.45, 2.75) is 19.3 Å². The van der Waals surface area contributed by atoms with Gasteiger partial charge in [0.05, 0.1) is 22.7 Å². The normalized spacial score (nSPS) is 16.6.